The van der Waals surface area contributed by atoms with Crippen molar-refractivity contribution in [2.75, 3.05) is 0 Å². The molecule has 0 aromatic carbocycles. The molecule has 0 N–H and O–H groups in total. The summed E-state index contributed by atoms with van der Waals surface area (Å²) < 4.78 is 30.2. The molecule has 2 nitrogen and oxygen atoms in total. The van der Waals surface area contributed by atoms with Gasteiger partial charge in [-0.15, -0.1) is 3.89 Å². The van der Waals surface area contributed by atoms with Gasteiger partial charge >= 0.3 is 10.2 Å². The summed E-state index contributed by atoms with van der Waals surface area (Å²) in [6, 6.07) is 0. The van der Waals surface area contributed by atoms with Gasteiger partial charge in [-0.05, 0) is 6.92 Å². The Morgan fingerprint density at radius 1 is 1.57 bits per heavy atom. The van der Waals surface area contributed by atoms with Gasteiger partial charge < -0.3 is 0 Å². The molecular formula is C3H5FO2S. The molecule has 0 fully saturated rings. The predicted molar refractivity (Wildman–Crippen MR) is 24.8 cm³/mol. The van der Waals surface area contributed by atoms with Gasteiger partial charge in [0, 0.05) is 0 Å². The molecule has 0 aromatic heterocycles. The average Bonchev–Trinajstić information content (AvgIpc) is 1.30. The van der Waals surface area contributed by atoms with Gasteiger partial charge in [-0.1, -0.05) is 6.08 Å². The normalized spacial score (nSPS) is 12.9. The zero-order chi connectivity index (χ0) is 5.91. The largest absolute Gasteiger partial charge is 0.324 e. The lowest BCUT2D eigenvalue weighted by Crippen LogP contribution is -1.78. The number of hydrogen-bond acceptors (Lipinski definition) is 2. The maximum atomic E-state index is 11.3. The third-order valence-electron chi connectivity index (χ3n) is 0.299. The molecule has 0 saturated carbocycles. The molecule has 0 unspecified atom stereocenters. The van der Waals surface area contributed by atoms with E-state index < -0.39 is 10.2 Å². The second-order valence-electron chi connectivity index (χ2n) is 0.945. The third-order valence-corrected chi connectivity index (χ3v) is 0.896. The van der Waals surface area contributed by atoms with E-state index in [1.54, 1.807) is 0 Å². The summed E-state index contributed by atoms with van der Waals surface area (Å²) in [6.45, 7) is 1.43. The van der Waals surface area contributed by atoms with Gasteiger partial charge in [0.25, 0.3) is 0 Å². The molecule has 0 atom stereocenters. The lowest BCUT2D eigenvalue weighted by molar-refractivity contribution is 0.563. The van der Waals surface area contributed by atoms with E-state index in [0.717, 1.165) is 6.08 Å². The Morgan fingerprint density at radius 2 is 2.00 bits per heavy atom. The van der Waals surface area contributed by atoms with Gasteiger partial charge in [0.15, 0.2) is 0 Å². The maximum absolute atomic E-state index is 11.3. The molecule has 0 heterocycles. The Morgan fingerprint density at radius 3 is 2.00 bits per heavy atom. The zero-order valence-corrected chi connectivity index (χ0v) is 4.57. The first kappa shape index (κ1) is 6.62. The Hall–Kier alpha value is -0.380. The van der Waals surface area contributed by atoms with Crippen LogP contribution in [0.2, 0.25) is 0 Å². The van der Waals surface area contributed by atoms with Crippen molar-refractivity contribution in [3.05, 3.63) is 11.5 Å². The van der Waals surface area contributed by atoms with Crippen LogP contribution in [0.15, 0.2) is 11.5 Å². The van der Waals surface area contributed by atoms with E-state index in [1.165, 1.54) is 6.92 Å². The van der Waals surface area contributed by atoms with Crippen LogP contribution in [0.1, 0.15) is 6.92 Å². The van der Waals surface area contributed by atoms with Crippen LogP contribution < -0.4 is 0 Å². The molecule has 0 radical (unpaired) electrons. The van der Waals surface area contributed by atoms with Gasteiger partial charge in [0.1, 0.15) is 0 Å². The van der Waals surface area contributed by atoms with Crippen molar-refractivity contribution in [1.82, 2.24) is 0 Å². The van der Waals surface area contributed by atoms with Crippen LogP contribution in [0, 0.1) is 0 Å². The van der Waals surface area contributed by atoms with Crippen LogP contribution >= 0.6 is 0 Å². The van der Waals surface area contributed by atoms with E-state index >= 15 is 0 Å². The van der Waals surface area contributed by atoms with Crippen molar-refractivity contribution in [3.63, 3.8) is 0 Å². The Labute approximate surface area is 41.9 Å². The van der Waals surface area contributed by atoms with Crippen molar-refractivity contribution in [1.29, 1.82) is 0 Å². The highest BCUT2D eigenvalue weighted by atomic mass is 32.3. The molecule has 0 saturated heterocycles. The lowest BCUT2D eigenvalue weighted by Gasteiger charge is -1.72. The first-order valence-electron chi connectivity index (χ1n) is 1.63. The zero-order valence-electron chi connectivity index (χ0n) is 3.76. The summed E-state index contributed by atoms with van der Waals surface area (Å²) in [5.41, 5.74) is 0. The lowest BCUT2D eigenvalue weighted by atomic mass is 10.8. The van der Waals surface area contributed by atoms with Gasteiger partial charge in [0.05, 0.1) is 5.41 Å². The van der Waals surface area contributed by atoms with Gasteiger partial charge in [0.2, 0.25) is 0 Å². The Bertz CT molecular complexity index is 156. The second kappa shape index (κ2) is 2.07. The standard InChI is InChI=1S/C3H5FO2S/c1-2-3-7(4,5)6/h2-3H,1H3. The second-order valence-corrected chi connectivity index (χ2v) is 2.17. The van der Waals surface area contributed by atoms with Crippen molar-refractivity contribution in [2.45, 2.75) is 6.92 Å². The first-order valence-corrected chi connectivity index (χ1v) is 3.08. The fourth-order valence-corrected chi connectivity index (χ4v) is 0.488. The van der Waals surface area contributed by atoms with Gasteiger partial charge in [-0.25, -0.2) is 0 Å². The van der Waals surface area contributed by atoms with Gasteiger partial charge in [-0.3, -0.25) is 0 Å². The van der Waals surface area contributed by atoms with E-state index in [9.17, 15) is 12.3 Å². The summed E-state index contributed by atoms with van der Waals surface area (Å²) >= 11 is 0. The highest BCUT2D eigenvalue weighted by Gasteiger charge is 1.94. The van der Waals surface area contributed by atoms with Crippen LogP contribution in [0.5, 0.6) is 0 Å². The summed E-state index contributed by atoms with van der Waals surface area (Å²) in [5.74, 6) is 0. The molecule has 0 rings (SSSR count). The molecular weight excluding hydrogens is 119 g/mol. The average molecular weight is 124 g/mol. The Kier molecular flexibility index (Phi) is 1.95. The minimum Gasteiger partial charge on any atom is -0.190 e. The van der Waals surface area contributed by atoms with Crippen molar-refractivity contribution >= 4 is 10.2 Å². The van der Waals surface area contributed by atoms with E-state index in [0.29, 0.717) is 5.41 Å². The molecule has 0 amide bonds. The highest BCUT2D eigenvalue weighted by Crippen LogP contribution is 1.89. The number of rotatable bonds is 1. The molecule has 0 bridgehead atoms. The van der Waals surface area contributed by atoms with Crippen LogP contribution in [-0.4, -0.2) is 8.42 Å². The topological polar surface area (TPSA) is 34.1 Å². The quantitative estimate of drug-likeness (QED) is 0.485. The fraction of sp³-hybridized carbons (Fsp3) is 0.333. The van der Waals surface area contributed by atoms with E-state index in [-0.39, 0.29) is 0 Å². The summed E-state index contributed by atoms with van der Waals surface area (Å²) in [5, 5.41) is 0.493. The minimum atomic E-state index is -4.35. The van der Waals surface area contributed by atoms with Crippen molar-refractivity contribution in [3.8, 4) is 0 Å². The first-order chi connectivity index (χ1) is 3.06. The molecule has 0 aromatic rings. The minimum absolute atomic E-state index is 0.493. The maximum Gasteiger partial charge on any atom is 0.324 e. The van der Waals surface area contributed by atoms with E-state index in [2.05, 4.69) is 0 Å². The highest BCUT2D eigenvalue weighted by molar-refractivity contribution is 7.89. The van der Waals surface area contributed by atoms with Crippen LogP contribution in [0.3, 0.4) is 0 Å². The van der Waals surface area contributed by atoms with Crippen molar-refractivity contribution in [2.24, 2.45) is 0 Å². The molecule has 0 aliphatic heterocycles. The van der Waals surface area contributed by atoms with Gasteiger partial charge in [-0.2, -0.15) is 8.42 Å². The summed E-state index contributed by atoms with van der Waals surface area (Å²) in [7, 11) is -4.35. The molecule has 0 aliphatic carbocycles. The smallest absolute Gasteiger partial charge is 0.190 e. The molecule has 0 spiro atoms. The summed E-state index contributed by atoms with van der Waals surface area (Å²) in [4.78, 5) is 0. The molecule has 7 heavy (non-hydrogen) atoms. The predicted octanol–water partition coefficient (Wildman–Crippen LogP) is 0.819. The van der Waals surface area contributed by atoms with Crippen LogP contribution in [0.25, 0.3) is 0 Å². The molecule has 4 heteroatoms. The number of hydrogen-bond donors (Lipinski definition) is 0. The van der Waals surface area contributed by atoms with Crippen molar-refractivity contribution < 1.29 is 12.3 Å². The summed E-state index contributed by atoms with van der Waals surface area (Å²) in [6.07, 6.45) is 1.12. The third kappa shape index (κ3) is 5.62. The monoisotopic (exact) mass is 124 g/mol. The SMILES string of the molecule is CC=CS(=O)(=O)F. The van der Waals surface area contributed by atoms with Crippen LogP contribution in [0.4, 0.5) is 3.89 Å². The fourth-order valence-electron chi connectivity index (χ4n) is 0.163. The Balaban J connectivity index is 4.13. The van der Waals surface area contributed by atoms with E-state index in [1.807, 2.05) is 0 Å². The number of halogens is 1. The molecule has 42 valence electrons. The molecule has 0 aliphatic rings. The van der Waals surface area contributed by atoms with E-state index in [4.69, 9.17) is 0 Å². The number of allylic oxidation sites excluding steroid dienone is 1. The van der Waals surface area contributed by atoms with Crippen LogP contribution in [-0.2, 0) is 10.2 Å².